The van der Waals surface area contributed by atoms with Crippen molar-refractivity contribution in [1.82, 2.24) is 10.2 Å². The largest absolute Gasteiger partial charge is 0.379 e. The van der Waals surface area contributed by atoms with Crippen LogP contribution in [0.3, 0.4) is 0 Å². The summed E-state index contributed by atoms with van der Waals surface area (Å²) in [5, 5.41) is 2.85. The number of nitrogens with zero attached hydrogens (tertiary/aromatic N) is 1. The van der Waals surface area contributed by atoms with Gasteiger partial charge < -0.3 is 10.1 Å². The zero-order valence-corrected chi connectivity index (χ0v) is 12.0. The Hall–Kier alpha value is -0.660. The molecule has 2 heterocycles. The second-order valence-corrected chi connectivity index (χ2v) is 7.43. The summed E-state index contributed by atoms with van der Waals surface area (Å²) in [7, 11) is -3.01. The first-order valence-electron chi connectivity index (χ1n) is 6.85. The number of rotatable bonds is 4. The summed E-state index contributed by atoms with van der Waals surface area (Å²) in [6, 6.07) is 0. The van der Waals surface area contributed by atoms with Crippen molar-refractivity contribution >= 4 is 15.7 Å². The standard InChI is InChI=1S/C12H22N2O4S/c15-12(11-2-1-9-19(16,17)10-11)13-3-4-14-5-7-18-8-6-14/h11H,1-10H2,(H,13,15). The van der Waals surface area contributed by atoms with Crippen LogP contribution >= 0.6 is 0 Å². The molecule has 0 saturated carbocycles. The van der Waals surface area contributed by atoms with Crippen LogP contribution in [0.4, 0.5) is 0 Å². The van der Waals surface area contributed by atoms with Gasteiger partial charge in [-0.25, -0.2) is 8.42 Å². The first kappa shape index (κ1) is 14.7. The van der Waals surface area contributed by atoms with E-state index in [0.717, 1.165) is 32.8 Å². The molecule has 2 saturated heterocycles. The van der Waals surface area contributed by atoms with Gasteiger partial charge in [0.1, 0.15) is 0 Å². The van der Waals surface area contributed by atoms with Gasteiger partial charge in [0.15, 0.2) is 9.84 Å². The van der Waals surface area contributed by atoms with E-state index in [2.05, 4.69) is 10.2 Å². The van der Waals surface area contributed by atoms with Crippen LogP contribution in [0.25, 0.3) is 0 Å². The van der Waals surface area contributed by atoms with Crippen LogP contribution in [0.15, 0.2) is 0 Å². The molecule has 110 valence electrons. The SMILES string of the molecule is O=C(NCCN1CCOCC1)C1CCCS(=O)(=O)C1. The molecule has 2 fully saturated rings. The van der Waals surface area contributed by atoms with Crippen molar-refractivity contribution in [1.29, 1.82) is 0 Å². The fraction of sp³-hybridized carbons (Fsp3) is 0.917. The van der Waals surface area contributed by atoms with Crippen molar-refractivity contribution in [3.05, 3.63) is 0 Å². The number of sulfone groups is 1. The van der Waals surface area contributed by atoms with E-state index in [-0.39, 0.29) is 23.3 Å². The lowest BCUT2D eigenvalue weighted by Crippen LogP contribution is -2.44. The number of hydrogen-bond acceptors (Lipinski definition) is 5. The van der Waals surface area contributed by atoms with Crippen LogP contribution < -0.4 is 5.32 Å². The molecule has 6 nitrogen and oxygen atoms in total. The van der Waals surface area contributed by atoms with Crippen molar-refractivity contribution in [2.45, 2.75) is 12.8 Å². The van der Waals surface area contributed by atoms with E-state index < -0.39 is 9.84 Å². The summed E-state index contributed by atoms with van der Waals surface area (Å²) in [4.78, 5) is 14.1. The van der Waals surface area contributed by atoms with E-state index in [1.54, 1.807) is 0 Å². The van der Waals surface area contributed by atoms with E-state index in [1.165, 1.54) is 0 Å². The molecule has 2 rings (SSSR count). The first-order chi connectivity index (χ1) is 9.07. The van der Waals surface area contributed by atoms with Crippen molar-refractivity contribution < 1.29 is 17.9 Å². The Bertz CT molecular complexity index is 404. The lowest BCUT2D eigenvalue weighted by atomic mass is 10.0. The smallest absolute Gasteiger partial charge is 0.224 e. The Balaban J connectivity index is 1.69. The minimum absolute atomic E-state index is 0.0103. The fourth-order valence-electron chi connectivity index (χ4n) is 2.54. The number of carbonyl (C=O) groups excluding carboxylic acids is 1. The molecule has 0 spiro atoms. The minimum Gasteiger partial charge on any atom is -0.379 e. The summed E-state index contributed by atoms with van der Waals surface area (Å²) in [5.41, 5.74) is 0. The summed E-state index contributed by atoms with van der Waals surface area (Å²) in [6.45, 7) is 4.66. The highest BCUT2D eigenvalue weighted by Crippen LogP contribution is 2.18. The predicted octanol–water partition coefficient (Wildman–Crippen LogP) is -0.740. The average Bonchev–Trinajstić information content (AvgIpc) is 2.38. The highest BCUT2D eigenvalue weighted by atomic mass is 32.2. The van der Waals surface area contributed by atoms with E-state index in [9.17, 15) is 13.2 Å². The fourth-order valence-corrected chi connectivity index (χ4v) is 4.24. The van der Waals surface area contributed by atoms with Gasteiger partial charge in [-0.1, -0.05) is 0 Å². The van der Waals surface area contributed by atoms with Gasteiger partial charge in [-0.2, -0.15) is 0 Å². The zero-order chi connectivity index (χ0) is 13.7. The summed E-state index contributed by atoms with van der Waals surface area (Å²) < 4.78 is 28.2. The molecular formula is C12H22N2O4S. The Morgan fingerprint density at radius 3 is 2.74 bits per heavy atom. The molecule has 1 N–H and O–H groups in total. The lowest BCUT2D eigenvalue weighted by molar-refractivity contribution is -0.124. The van der Waals surface area contributed by atoms with Crippen LogP contribution in [0.1, 0.15) is 12.8 Å². The molecule has 0 radical (unpaired) electrons. The van der Waals surface area contributed by atoms with Crippen molar-refractivity contribution in [2.24, 2.45) is 5.92 Å². The van der Waals surface area contributed by atoms with Gasteiger partial charge in [0.25, 0.3) is 0 Å². The molecular weight excluding hydrogens is 268 g/mol. The van der Waals surface area contributed by atoms with Gasteiger partial charge in [-0.15, -0.1) is 0 Å². The number of morpholine rings is 1. The molecule has 0 aromatic carbocycles. The lowest BCUT2D eigenvalue weighted by Gasteiger charge is -2.27. The topological polar surface area (TPSA) is 75.7 Å². The Morgan fingerprint density at radius 2 is 2.05 bits per heavy atom. The number of amides is 1. The normalized spacial score (nSPS) is 27.9. The molecule has 19 heavy (non-hydrogen) atoms. The van der Waals surface area contributed by atoms with Crippen molar-refractivity contribution in [3.63, 3.8) is 0 Å². The molecule has 0 aliphatic carbocycles. The first-order valence-corrected chi connectivity index (χ1v) is 8.67. The third kappa shape index (κ3) is 4.74. The molecule has 2 aliphatic heterocycles. The number of hydrogen-bond donors (Lipinski definition) is 1. The molecule has 1 amide bonds. The molecule has 0 bridgehead atoms. The highest BCUT2D eigenvalue weighted by molar-refractivity contribution is 7.91. The summed E-state index contributed by atoms with van der Waals surface area (Å²) in [6.07, 6.45) is 1.28. The highest BCUT2D eigenvalue weighted by Gasteiger charge is 2.29. The molecule has 2 aliphatic rings. The van der Waals surface area contributed by atoms with E-state index >= 15 is 0 Å². The maximum absolute atomic E-state index is 11.9. The van der Waals surface area contributed by atoms with Crippen LogP contribution in [0, 0.1) is 5.92 Å². The van der Waals surface area contributed by atoms with E-state index in [1.807, 2.05) is 0 Å². The van der Waals surface area contributed by atoms with Crippen LogP contribution in [0.5, 0.6) is 0 Å². The Labute approximate surface area is 114 Å². The summed E-state index contributed by atoms with van der Waals surface area (Å²) in [5.74, 6) is -0.235. The molecule has 1 unspecified atom stereocenters. The minimum atomic E-state index is -3.01. The number of carbonyl (C=O) groups is 1. The van der Waals surface area contributed by atoms with Crippen molar-refractivity contribution in [3.8, 4) is 0 Å². The quantitative estimate of drug-likeness (QED) is 0.738. The zero-order valence-electron chi connectivity index (χ0n) is 11.1. The van der Waals surface area contributed by atoms with Crippen LogP contribution in [0.2, 0.25) is 0 Å². The molecule has 0 aromatic heterocycles. The maximum atomic E-state index is 11.9. The predicted molar refractivity (Wildman–Crippen MR) is 71.6 cm³/mol. The monoisotopic (exact) mass is 290 g/mol. The molecule has 1 atom stereocenters. The average molecular weight is 290 g/mol. The Morgan fingerprint density at radius 1 is 1.32 bits per heavy atom. The molecule has 7 heteroatoms. The van der Waals surface area contributed by atoms with Gasteiger partial charge in [0.05, 0.1) is 30.6 Å². The second kappa shape index (κ2) is 6.67. The third-order valence-electron chi connectivity index (χ3n) is 3.66. The van der Waals surface area contributed by atoms with Gasteiger partial charge in [-0.3, -0.25) is 9.69 Å². The van der Waals surface area contributed by atoms with Gasteiger partial charge in [0, 0.05) is 26.2 Å². The van der Waals surface area contributed by atoms with Crippen LogP contribution in [-0.2, 0) is 19.4 Å². The van der Waals surface area contributed by atoms with E-state index in [4.69, 9.17) is 4.74 Å². The second-order valence-electron chi connectivity index (χ2n) is 5.20. The number of ether oxygens (including phenoxy) is 1. The van der Waals surface area contributed by atoms with E-state index in [0.29, 0.717) is 19.4 Å². The van der Waals surface area contributed by atoms with Crippen LogP contribution in [-0.4, -0.2) is 70.1 Å². The van der Waals surface area contributed by atoms with Gasteiger partial charge in [0.2, 0.25) is 5.91 Å². The van der Waals surface area contributed by atoms with Gasteiger partial charge >= 0.3 is 0 Å². The summed E-state index contributed by atoms with van der Waals surface area (Å²) >= 11 is 0. The Kier molecular flexibility index (Phi) is 5.18. The number of nitrogens with one attached hydrogen (secondary N) is 1. The van der Waals surface area contributed by atoms with Gasteiger partial charge in [-0.05, 0) is 12.8 Å². The van der Waals surface area contributed by atoms with Crippen molar-refractivity contribution in [2.75, 3.05) is 50.9 Å². The molecule has 0 aromatic rings. The maximum Gasteiger partial charge on any atom is 0.224 e. The third-order valence-corrected chi connectivity index (χ3v) is 5.49.